The van der Waals surface area contributed by atoms with Gasteiger partial charge in [-0.15, -0.1) is 0 Å². The predicted octanol–water partition coefficient (Wildman–Crippen LogP) is 2.64. The molecule has 0 N–H and O–H groups in total. The summed E-state index contributed by atoms with van der Waals surface area (Å²) in [5, 5.41) is 4.16. The van der Waals surface area contributed by atoms with Gasteiger partial charge in [-0.25, -0.2) is 0 Å². The Morgan fingerprint density at radius 3 is 2.52 bits per heavy atom. The molecule has 0 bridgehead atoms. The molecule has 0 saturated heterocycles. The molecule has 0 aliphatic carbocycles. The van der Waals surface area contributed by atoms with Crippen LogP contribution < -0.4 is 9.47 Å². The van der Waals surface area contributed by atoms with Gasteiger partial charge in [0, 0.05) is 13.2 Å². The van der Waals surface area contributed by atoms with Gasteiger partial charge < -0.3 is 9.47 Å². The first-order chi connectivity index (χ1) is 10.0. The number of methoxy groups -OCH3 is 2. The molecule has 0 amide bonds. The summed E-state index contributed by atoms with van der Waals surface area (Å²) in [6.45, 7) is 1.82. The standard InChI is InChI=1S/C16H18N2O3/c1-11-13(10-18(2)17-11)14(19)7-5-12-6-8-15(20-3)16(9-12)21-4/h5-10H,1-4H3. The SMILES string of the molecule is COc1ccc(C=CC(=O)c2cn(C)nc2C)cc1OC. The number of ether oxygens (including phenoxy) is 2. The second-order valence-corrected chi connectivity index (χ2v) is 4.61. The quantitative estimate of drug-likeness (QED) is 0.626. The molecular weight excluding hydrogens is 268 g/mol. The molecule has 0 spiro atoms. The molecule has 1 heterocycles. The molecule has 2 rings (SSSR count). The van der Waals surface area contributed by atoms with Crippen LogP contribution in [0.2, 0.25) is 0 Å². The highest BCUT2D eigenvalue weighted by Gasteiger charge is 2.09. The molecule has 21 heavy (non-hydrogen) atoms. The van der Waals surface area contributed by atoms with Gasteiger partial charge in [0.1, 0.15) is 0 Å². The molecule has 1 aromatic carbocycles. The second-order valence-electron chi connectivity index (χ2n) is 4.61. The van der Waals surface area contributed by atoms with Gasteiger partial charge in [-0.05, 0) is 30.7 Å². The Kier molecular flexibility index (Phi) is 4.42. The van der Waals surface area contributed by atoms with Gasteiger partial charge >= 0.3 is 0 Å². The van der Waals surface area contributed by atoms with E-state index >= 15 is 0 Å². The van der Waals surface area contributed by atoms with Crippen molar-refractivity contribution in [3.8, 4) is 11.5 Å². The molecule has 0 atom stereocenters. The van der Waals surface area contributed by atoms with E-state index in [0.717, 1.165) is 11.3 Å². The number of aryl methyl sites for hydroxylation is 2. The van der Waals surface area contributed by atoms with Crippen molar-refractivity contribution >= 4 is 11.9 Å². The Balaban J connectivity index is 2.21. The third-order valence-corrected chi connectivity index (χ3v) is 3.11. The molecule has 2 aromatic rings. The molecule has 110 valence electrons. The van der Waals surface area contributed by atoms with Crippen LogP contribution in [0.4, 0.5) is 0 Å². The number of rotatable bonds is 5. The van der Waals surface area contributed by atoms with Gasteiger partial charge in [0.25, 0.3) is 0 Å². The van der Waals surface area contributed by atoms with Crippen molar-refractivity contribution in [1.29, 1.82) is 0 Å². The highest BCUT2D eigenvalue weighted by Crippen LogP contribution is 2.28. The Bertz CT molecular complexity index is 687. The fraction of sp³-hybridized carbons (Fsp3) is 0.250. The topological polar surface area (TPSA) is 53.4 Å². The lowest BCUT2D eigenvalue weighted by atomic mass is 10.1. The summed E-state index contributed by atoms with van der Waals surface area (Å²) in [7, 11) is 4.96. The number of hydrogen-bond acceptors (Lipinski definition) is 4. The third-order valence-electron chi connectivity index (χ3n) is 3.11. The fourth-order valence-corrected chi connectivity index (χ4v) is 2.06. The van der Waals surface area contributed by atoms with Crippen LogP contribution in [0.3, 0.4) is 0 Å². The average Bonchev–Trinajstić information content (AvgIpc) is 2.83. The van der Waals surface area contributed by atoms with Crippen LogP contribution in [-0.4, -0.2) is 29.8 Å². The van der Waals surface area contributed by atoms with Gasteiger partial charge in [0.05, 0.1) is 25.5 Å². The Morgan fingerprint density at radius 2 is 1.95 bits per heavy atom. The maximum Gasteiger partial charge on any atom is 0.189 e. The van der Waals surface area contributed by atoms with E-state index in [2.05, 4.69) is 5.10 Å². The smallest absolute Gasteiger partial charge is 0.189 e. The van der Waals surface area contributed by atoms with Gasteiger partial charge in [-0.2, -0.15) is 5.10 Å². The minimum atomic E-state index is -0.0737. The van der Waals surface area contributed by atoms with Crippen molar-refractivity contribution in [2.75, 3.05) is 14.2 Å². The monoisotopic (exact) mass is 286 g/mol. The Morgan fingerprint density at radius 1 is 1.24 bits per heavy atom. The zero-order valence-electron chi connectivity index (χ0n) is 12.6. The molecule has 5 heteroatoms. The summed E-state index contributed by atoms with van der Waals surface area (Å²) >= 11 is 0. The number of carbonyl (C=O) groups is 1. The summed E-state index contributed by atoms with van der Waals surface area (Å²) in [6.07, 6.45) is 5.00. The van der Waals surface area contributed by atoms with E-state index in [0.29, 0.717) is 17.1 Å². The third kappa shape index (κ3) is 3.31. The van der Waals surface area contributed by atoms with E-state index in [4.69, 9.17) is 9.47 Å². The predicted molar refractivity (Wildman–Crippen MR) is 80.9 cm³/mol. The molecule has 0 fully saturated rings. The second kappa shape index (κ2) is 6.26. The van der Waals surface area contributed by atoms with Crippen molar-refractivity contribution in [2.45, 2.75) is 6.92 Å². The zero-order chi connectivity index (χ0) is 15.4. The highest BCUT2D eigenvalue weighted by atomic mass is 16.5. The molecule has 5 nitrogen and oxygen atoms in total. The summed E-state index contributed by atoms with van der Waals surface area (Å²) in [5.41, 5.74) is 2.19. The minimum absolute atomic E-state index is 0.0737. The van der Waals surface area contributed by atoms with Crippen LogP contribution in [0.5, 0.6) is 11.5 Å². The lowest BCUT2D eigenvalue weighted by Crippen LogP contribution is -1.95. The summed E-state index contributed by atoms with van der Waals surface area (Å²) in [4.78, 5) is 12.1. The van der Waals surface area contributed by atoms with Gasteiger partial charge in [0.2, 0.25) is 0 Å². The maximum atomic E-state index is 12.1. The normalized spacial score (nSPS) is 10.9. The van der Waals surface area contributed by atoms with Gasteiger partial charge in [-0.1, -0.05) is 12.1 Å². The number of ketones is 1. The van der Waals surface area contributed by atoms with E-state index in [9.17, 15) is 4.79 Å². The first kappa shape index (κ1) is 14.8. The van der Waals surface area contributed by atoms with Crippen molar-refractivity contribution < 1.29 is 14.3 Å². The average molecular weight is 286 g/mol. The van der Waals surface area contributed by atoms with Crippen molar-refractivity contribution in [2.24, 2.45) is 7.05 Å². The van der Waals surface area contributed by atoms with E-state index in [1.807, 2.05) is 19.1 Å². The Hall–Kier alpha value is -2.56. The Labute approximate surface area is 123 Å². The largest absolute Gasteiger partial charge is 0.493 e. The molecular formula is C16H18N2O3. The van der Waals surface area contributed by atoms with Crippen molar-refractivity contribution in [3.05, 3.63) is 47.3 Å². The van der Waals surface area contributed by atoms with Crippen LogP contribution in [0.25, 0.3) is 6.08 Å². The summed E-state index contributed by atoms with van der Waals surface area (Å²) in [6, 6.07) is 5.48. The molecule has 0 aliphatic heterocycles. The van der Waals surface area contributed by atoms with Crippen molar-refractivity contribution in [3.63, 3.8) is 0 Å². The number of aromatic nitrogens is 2. The summed E-state index contributed by atoms with van der Waals surface area (Å²) in [5.74, 6) is 1.21. The molecule has 0 radical (unpaired) electrons. The molecule has 1 aromatic heterocycles. The number of nitrogens with zero attached hydrogens (tertiary/aromatic N) is 2. The zero-order valence-corrected chi connectivity index (χ0v) is 12.6. The first-order valence-electron chi connectivity index (χ1n) is 6.50. The number of allylic oxidation sites excluding steroid dienone is 1. The molecule has 0 unspecified atom stereocenters. The number of carbonyl (C=O) groups excluding carboxylic acids is 1. The molecule has 0 saturated carbocycles. The summed E-state index contributed by atoms with van der Waals surface area (Å²) < 4.78 is 12.0. The molecule has 0 aliphatic rings. The van der Waals surface area contributed by atoms with Crippen molar-refractivity contribution in [1.82, 2.24) is 9.78 Å². The maximum absolute atomic E-state index is 12.1. The minimum Gasteiger partial charge on any atom is -0.493 e. The van der Waals surface area contributed by atoms with Crippen LogP contribution >= 0.6 is 0 Å². The van der Waals surface area contributed by atoms with Crippen LogP contribution in [0, 0.1) is 6.92 Å². The van der Waals surface area contributed by atoms with Crippen LogP contribution in [0.1, 0.15) is 21.6 Å². The highest BCUT2D eigenvalue weighted by molar-refractivity contribution is 6.07. The lowest BCUT2D eigenvalue weighted by Gasteiger charge is -2.07. The number of benzene rings is 1. The lowest BCUT2D eigenvalue weighted by molar-refractivity contribution is 0.104. The van der Waals surface area contributed by atoms with E-state index < -0.39 is 0 Å². The van der Waals surface area contributed by atoms with E-state index in [-0.39, 0.29) is 5.78 Å². The van der Waals surface area contributed by atoms with E-state index in [1.54, 1.807) is 44.3 Å². The first-order valence-corrected chi connectivity index (χ1v) is 6.50. The van der Waals surface area contributed by atoms with E-state index in [1.165, 1.54) is 6.08 Å². The fourth-order valence-electron chi connectivity index (χ4n) is 2.06. The van der Waals surface area contributed by atoms with Gasteiger partial charge in [-0.3, -0.25) is 9.48 Å². The van der Waals surface area contributed by atoms with Crippen LogP contribution in [0.15, 0.2) is 30.5 Å². The van der Waals surface area contributed by atoms with Gasteiger partial charge in [0.15, 0.2) is 17.3 Å². The number of hydrogen-bond donors (Lipinski definition) is 0. The van der Waals surface area contributed by atoms with Crippen LogP contribution in [-0.2, 0) is 7.05 Å².